The van der Waals surface area contributed by atoms with Gasteiger partial charge in [0.25, 0.3) is 0 Å². The topological polar surface area (TPSA) is 90.2 Å². The Hall–Kier alpha value is -1.12. The molecule has 5 rings (SSSR count). The summed E-state index contributed by atoms with van der Waals surface area (Å²) in [7, 11) is 0. The van der Waals surface area contributed by atoms with E-state index in [9.17, 15) is 20.4 Å². The van der Waals surface area contributed by atoms with Crippen LogP contribution in [0.15, 0.2) is 47.4 Å². The maximum absolute atomic E-state index is 10.4. The highest BCUT2D eigenvalue weighted by Gasteiger charge is 2.46. The number of rotatable bonds is 6. The van der Waals surface area contributed by atoms with E-state index in [4.69, 9.17) is 16.3 Å². The number of aliphatic hydroxyl groups is 4. The molecule has 5 nitrogen and oxygen atoms in total. The number of fused-ring (bicyclic) bond motifs is 1. The first-order valence-corrected chi connectivity index (χ1v) is 12.5. The highest BCUT2D eigenvalue weighted by Crippen LogP contribution is 2.55. The molecule has 0 unspecified atom stereocenters. The molecule has 32 heavy (non-hydrogen) atoms. The zero-order chi connectivity index (χ0) is 22.4. The van der Waals surface area contributed by atoms with E-state index >= 15 is 0 Å². The summed E-state index contributed by atoms with van der Waals surface area (Å²) >= 11 is 8.45. The maximum Gasteiger partial charge on any atom is 0.113 e. The molecule has 2 aromatic carbocycles. The smallest absolute Gasteiger partial charge is 0.113 e. The number of aliphatic hydroxyl groups excluding tert-OH is 4. The van der Waals surface area contributed by atoms with Crippen molar-refractivity contribution in [3.05, 3.63) is 64.2 Å². The molecule has 0 radical (unpaired) electrons. The Morgan fingerprint density at radius 2 is 1.62 bits per heavy atom. The lowest BCUT2D eigenvalue weighted by Crippen LogP contribution is -2.55. The molecule has 3 fully saturated rings. The fourth-order valence-corrected chi connectivity index (χ4v) is 6.69. The quantitative estimate of drug-likeness (QED) is 0.511. The normalized spacial score (nSPS) is 36.2. The molecular formula is C25H29ClO5S. The van der Waals surface area contributed by atoms with Gasteiger partial charge in [0.05, 0.1) is 6.61 Å². The number of hydrogen-bond donors (Lipinski definition) is 4. The summed E-state index contributed by atoms with van der Waals surface area (Å²) in [6, 6.07) is 14.0. The summed E-state index contributed by atoms with van der Waals surface area (Å²) in [6.45, 7) is -0.450. The molecule has 8 atom stereocenters. The van der Waals surface area contributed by atoms with E-state index in [1.54, 1.807) is 12.1 Å². The second-order valence-corrected chi connectivity index (χ2v) is 11.2. The third-order valence-electron chi connectivity index (χ3n) is 7.11. The second-order valence-electron chi connectivity index (χ2n) is 9.39. The van der Waals surface area contributed by atoms with Crippen LogP contribution in [0.25, 0.3) is 0 Å². The van der Waals surface area contributed by atoms with Gasteiger partial charge in [-0.3, -0.25) is 0 Å². The molecule has 2 saturated carbocycles. The molecule has 0 aromatic heterocycles. The van der Waals surface area contributed by atoms with Crippen molar-refractivity contribution in [1.82, 2.24) is 0 Å². The summed E-state index contributed by atoms with van der Waals surface area (Å²) in [6.07, 6.45) is -1.09. The van der Waals surface area contributed by atoms with Gasteiger partial charge in [0, 0.05) is 15.2 Å². The van der Waals surface area contributed by atoms with Gasteiger partial charge >= 0.3 is 0 Å². The summed E-state index contributed by atoms with van der Waals surface area (Å²) in [5, 5.41) is 41.4. The summed E-state index contributed by atoms with van der Waals surface area (Å²) < 4.78 is 5.70. The summed E-state index contributed by atoms with van der Waals surface area (Å²) in [4.78, 5) is 1.31. The lowest BCUT2D eigenvalue weighted by molar-refractivity contribution is -0.231. The fraction of sp³-hybridized carbons (Fsp3) is 0.520. The van der Waals surface area contributed by atoms with E-state index in [2.05, 4.69) is 24.3 Å². The van der Waals surface area contributed by atoms with Crippen molar-refractivity contribution < 1.29 is 25.2 Å². The lowest BCUT2D eigenvalue weighted by atomic mass is 9.90. The van der Waals surface area contributed by atoms with Gasteiger partial charge in [0.2, 0.25) is 0 Å². The van der Waals surface area contributed by atoms with E-state index in [1.807, 2.05) is 17.8 Å². The minimum Gasteiger partial charge on any atom is -0.394 e. The first kappa shape index (κ1) is 22.7. The Morgan fingerprint density at radius 3 is 2.31 bits per heavy atom. The molecule has 172 valence electrons. The van der Waals surface area contributed by atoms with Gasteiger partial charge < -0.3 is 25.2 Å². The first-order chi connectivity index (χ1) is 15.4. The molecular weight excluding hydrogens is 448 g/mol. The van der Waals surface area contributed by atoms with Crippen molar-refractivity contribution in [2.45, 2.75) is 66.3 Å². The molecule has 1 saturated heterocycles. The monoisotopic (exact) mass is 476 g/mol. The van der Waals surface area contributed by atoms with Gasteiger partial charge in [-0.2, -0.15) is 0 Å². The summed E-state index contributed by atoms with van der Waals surface area (Å²) in [5.41, 5.74) is 2.67. The Bertz CT molecular complexity index is 942. The van der Waals surface area contributed by atoms with E-state index in [1.165, 1.54) is 24.2 Å². The van der Waals surface area contributed by atoms with Crippen LogP contribution in [-0.4, -0.2) is 56.7 Å². The Labute approximate surface area is 197 Å². The van der Waals surface area contributed by atoms with Crippen LogP contribution in [0, 0.1) is 11.8 Å². The van der Waals surface area contributed by atoms with Gasteiger partial charge in [-0.1, -0.05) is 35.9 Å². The van der Waals surface area contributed by atoms with Gasteiger partial charge in [-0.25, -0.2) is 0 Å². The van der Waals surface area contributed by atoms with Crippen molar-refractivity contribution in [3.8, 4) is 0 Å². The van der Waals surface area contributed by atoms with Gasteiger partial charge in [0.15, 0.2) is 0 Å². The van der Waals surface area contributed by atoms with Gasteiger partial charge in [-0.05, 0) is 72.4 Å². The molecule has 2 aliphatic carbocycles. The first-order valence-electron chi connectivity index (χ1n) is 11.3. The molecule has 2 aromatic rings. The number of ether oxygens (including phenoxy) is 1. The minimum atomic E-state index is -1.40. The largest absolute Gasteiger partial charge is 0.394 e. The van der Waals surface area contributed by atoms with Gasteiger partial charge in [0.1, 0.15) is 30.5 Å². The van der Waals surface area contributed by atoms with Crippen molar-refractivity contribution in [1.29, 1.82) is 0 Å². The number of benzene rings is 2. The van der Waals surface area contributed by atoms with Crippen LogP contribution in [-0.2, 0) is 11.2 Å². The van der Waals surface area contributed by atoms with Crippen LogP contribution >= 0.6 is 23.4 Å². The second kappa shape index (κ2) is 9.26. The molecule has 4 N–H and O–H groups in total. The lowest BCUT2D eigenvalue weighted by Gasteiger charge is -2.40. The van der Waals surface area contributed by atoms with Crippen LogP contribution < -0.4 is 0 Å². The minimum absolute atomic E-state index is 0.450. The summed E-state index contributed by atoms with van der Waals surface area (Å²) in [5.74, 6) is 1.98. The van der Waals surface area contributed by atoms with Crippen LogP contribution in [0.5, 0.6) is 0 Å². The van der Waals surface area contributed by atoms with Crippen LogP contribution in [0.3, 0.4) is 0 Å². The van der Waals surface area contributed by atoms with Crippen molar-refractivity contribution in [2.24, 2.45) is 11.8 Å². The predicted octanol–water partition coefficient (Wildman–Crippen LogP) is 3.34. The third-order valence-corrected chi connectivity index (χ3v) is 8.74. The molecule has 0 bridgehead atoms. The van der Waals surface area contributed by atoms with Gasteiger partial charge in [-0.15, -0.1) is 11.8 Å². The van der Waals surface area contributed by atoms with Crippen molar-refractivity contribution in [3.63, 3.8) is 0 Å². The van der Waals surface area contributed by atoms with E-state index in [0.29, 0.717) is 17.0 Å². The predicted molar refractivity (Wildman–Crippen MR) is 124 cm³/mol. The molecule has 1 aliphatic heterocycles. The molecule has 3 aliphatic rings. The Morgan fingerprint density at radius 1 is 0.906 bits per heavy atom. The van der Waals surface area contributed by atoms with Crippen LogP contribution in [0.1, 0.15) is 42.1 Å². The fourth-order valence-electron chi connectivity index (χ4n) is 5.14. The number of halogens is 1. The molecule has 0 amide bonds. The Kier molecular flexibility index (Phi) is 6.56. The van der Waals surface area contributed by atoms with E-state index in [0.717, 1.165) is 28.2 Å². The highest BCUT2D eigenvalue weighted by molar-refractivity contribution is 8.00. The van der Waals surface area contributed by atoms with Crippen molar-refractivity contribution in [2.75, 3.05) is 6.61 Å². The van der Waals surface area contributed by atoms with Crippen LogP contribution in [0.4, 0.5) is 0 Å². The van der Waals surface area contributed by atoms with E-state index < -0.39 is 37.1 Å². The average Bonchev–Trinajstić information content (AvgIpc) is 3.41. The number of hydrogen-bond acceptors (Lipinski definition) is 6. The number of thioether (sulfide) groups is 1. The van der Waals surface area contributed by atoms with Crippen molar-refractivity contribution >= 4 is 23.4 Å². The highest BCUT2D eigenvalue weighted by atomic mass is 35.5. The van der Waals surface area contributed by atoms with E-state index in [-0.39, 0.29) is 0 Å². The molecule has 7 heteroatoms. The third kappa shape index (κ3) is 4.60. The standard InChI is InChI=1S/C25H29ClO5S/c26-20-6-3-14(25-24(30)23(29)22(28)21(12-27)31-25)8-17(20)7-13-1-4-18(5-2-13)32-19-10-15-9-16(15)11-19/h1-6,8,15-16,19,21-25,27-30H,7,9-12H2/t15-,16+,19-,21-,22-,23-,24-,25+/m1/s1. The molecule has 1 heterocycles. The van der Waals surface area contributed by atoms with Crippen LogP contribution in [0.2, 0.25) is 5.02 Å². The Balaban J connectivity index is 1.28. The zero-order valence-corrected chi connectivity index (χ0v) is 19.3. The zero-order valence-electron chi connectivity index (χ0n) is 17.7. The average molecular weight is 477 g/mol. The maximum atomic E-state index is 10.4. The SMILES string of the molecule is OC[C@H]1O[C@@H](c2ccc(Cl)c(Cc3ccc(S[C@H]4C[C@@H]5C[C@@H]5C4)cc3)c2)[C@H](O)[C@H](O)[C@@H]1O. The molecule has 0 spiro atoms.